The molecule has 2 N–H and O–H groups in total. The van der Waals surface area contributed by atoms with Crippen molar-refractivity contribution in [2.45, 2.75) is 13.0 Å². The van der Waals surface area contributed by atoms with Crippen molar-refractivity contribution in [2.75, 3.05) is 6.54 Å². The summed E-state index contributed by atoms with van der Waals surface area (Å²) >= 11 is 0. The standard InChI is InChI=1S/C19H16FNO4/c20-17-11-15(12-18(22)23)8-9-16(17)7-4-10-21-19(24)25-13-14-5-2-1-3-6-14/h1-3,5-6,8-9,11H,10,12-13H2,(H,21,24)(H,22,23). The molecule has 0 saturated heterocycles. The van der Waals surface area contributed by atoms with Crippen LogP contribution in [0, 0.1) is 17.7 Å². The van der Waals surface area contributed by atoms with Crippen LogP contribution in [0.2, 0.25) is 0 Å². The van der Waals surface area contributed by atoms with Gasteiger partial charge in [0, 0.05) is 0 Å². The summed E-state index contributed by atoms with van der Waals surface area (Å²) in [5.74, 6) is 3.56. The molecule has 0 fully saturated rings. The zero-order chi connectivity index (χ0) is 18.1. The molecule has 0 bridgehead atoms. The molecule has 2 aromatic rings. The van der Waals surface area contributed by atoms with E-state index < -0.39 is 17.9 Å². The van der Waals surface area contributed by atoms with Crippen molar-refractivity contribution < 1.29 is 23.8 Å². The maximum absolute atomic E-state index is 13.8. The molecule has 0 aromatic heterocycles. The van der Waals surface area contributed by atoms with Gasteiger partial charge < -0.3 is 15.2 Å². The number of halogens is 1. The average molecular weight is 341 g/mol. The van der Waals surface area contributed by atoms with Gasteiger partial charge in [-0.3, -0.25) is 4.79 Å². The van der Waals surface area contributed by atoms with Crippen LogP contribution in [0.5, 0.6) is 0 Å². The van der Waals surface area contributed by atoms with Gasteiger partial charge >= 0.3 is 12.1 Å². The molecule has 0 aliphatic carbocycles. The lowest BCUT2D eigenvalue weighted by molar-refractivity contribution is -0.136. The van der Waals surface area contributed by atoms with E-state index in [4.69, 9.17) is 9.84 Å². The van der Waals surface area contributed by atoms with E-state index >= 15 is 0 Å². The fourth-order valence-electron chi connectivity index (χ4n) is 1.97. The first-order valence-electron chi connectivity index (χ1n) is 7.48. The van der Waals surface area contributed by atoms with Gasteiger partial charge in [0.2, 0.25) is 0 Å². The first-order chi connectivity index (χ1) is 12.0. The number of rotatable bonds is 5. The molecule has 0 unspecified atom stereocenters. The molecule has 0 atom stereocenters. The number of carboxylic acids is 1. The zero-order valence-electron chi connectivity index (χ0n) is 13.3. The summed E-state index contributed by atoms with van der Waals surface area (Å²) in [6, 6.07) is 13.3. The van der Waals surface area contributed by atoms with E-state index in [1.165, 1.54) is 12.1 Å². The van der Waals surface area contributed by atoms with Crippen LogP contribution in [0.4, 0.5) is 9.18 Å². The van der Waals surface area contributed by atoms with Gasteiger partial charge in [-0.1, -0.05) is 48.2 Å². The number of nitrogens with one attached hydrogen (secondary N) is 1. The molecule has 5 nitrogen and oxygen atoms in total. The number of hydrogen-bond donors (Lipinski definition) is 2. The highest BCUT2D eigenvalue weighted by molar-refractivity contribution is 5.70. The number of alkyl carbamates (subject to hydrolysis) is 1. The molecule has 0 spiro atoms. The first-order valence-corrected chi connectivity index (χ1v) is 7.48. The number of carbonyl (C=O) groups excluding carboxylic acids is 1. The lowest BCUT2D eigenvalue weighted by Crippen LogP contribution is -2.24. The van der Waals surface area contributed by atoms with Gasteiger partial charge in [-0.15, -0.1) is 0 Å². The molecule has 0 heterocycles. The van der Waals surface area contributed by atoms with Crippen molar-refractivity contribution >= 4 is 12.1 Å². The Morgan fingerprint density at radius 3 is 2.56 bits per heavy atom. The number of aliphatic carboxylic acids is 1. The molecule has 128 valence electrons. The van der Waals surface area contributed by atoms with Crippen LogP contribution < -0.4 is 5.32 Å². The minimum Gasteiger partial charge on any atom is -0.481 e. The van der Waals surface area contributed by atoms with Crippen LogP contribution in [0.25, 0.3) is 0 Å². The third-order valence-corrected chi connectivity index (χ3v) is 3.15. The number of carbonyl (C=O) groups is 2. The van der Waals surface area contributed by atoms with Crippen molar-refractivity contribution in [1.29, 1.82) is 0 Å². The minimum atomic E-state index is -1.03. The van der Waals surface area contributed by atoms with Gasteiger partial charge in [0.15, 0.2) is 0 Å². The fraction of sp³-hybridized carbons (Fsp3) is 0.158. The Morgan fingerprint density at radius 2 is 1.88 bits per heavy atom. The SMILES string of the molecule is O=C(O)Cc1ccc(C#CCNC(=O)OCc2ccccc2)c(F)c1. The van der Waals surface area contributed by atoms with E-state index in [2.05, 4.69) is 17.2 Å². The van der Waals surface area contributed by atoms with Crippen molar-refractivity contribution in [2.24, 2.45) is 0 Å². The number of carboxylic acid groups (broad SMARTS) is 1. The van der Waals surface area contributed by atoms with Gasteiger partial charge in [0.25, 0.3) is 0 Å². The molecule has 1 amide bonds. The highest BCUT2D eigenvalue weighted by atomic mass is 19.1. The second-order valence-corrected chi connectivity index (χ2v) is 5.10. The quantitative estimate of drug-likeness (QED) is 0.820. The third kappa shape index (κ3) is 6.36. The predicted molar refractivity (Wildman–Crippen MR) is 89.2 cm³/mol. The van der Waals surface area contributed by atoms with Gasteiger partial charge in [-0.25, -0.2) is 9.18 Å². The fourth-order valence-corrected chi connectivity index (χ4v) is 1.97. The number of benzene rings is 2. The lowest BCUT2D eigenvalue weighted by Gasteiger charge is -2.04. The van der Waals surface area contributed by atoms with E-state index in [9.17, 15) is 14.0 Å². The Bertz CT molecular complexity index is 809. The summed E-state index contributed by atoms with van der Waals surface area (Å²) in [4.78, 5) is 22.1. The number of ether oxygens (including phenoxy) is 1. The Labute approximate surface area is 144 Å². The average Bonchev–Trinajstić information content (AvgIpc) is 2.59. The summed E-state index contributed by atoms with van der Waals surface area (Å²) < 4.78 is 18.8. The van der Waals surface area contributed by atoms with E-state index in [1.54, 1.807) is 0 Å². The molecule has 25 heavy (non-hydrogen) atoms. The molecule has 0 aliphatic heterocycles. The van der Waals surface area contributed by atoms with E-state index in [1.807, 2.05) is 30.3 Å². The number of hydrogen-bond acceptors (Lipinski definition) is 3. The maximum atomic E-state index is 13.8. The van der Waals surface area contributed by atoms with E-state index in [0.717, 1.165) is 11.6 Å². The second kappa shape index (κ2) is 9.08. The van der Waals surface area contributed by atoms with Crippen LogP contribution in [-0.2, 0) is 22.6 Å². The largest absolute Gasteiger partial charge is 0.481 e. The Balaban J connectivity index is 1.80. The molecule has 0 aliphatic rings. The monoisotopic (exact) mass is 341 g/mol. The minimum absolute atomic E-state index is 0.00391. The molecule has 2 aromatic carbocycles. The molecule has 0 saturated carbocycles. The van der Waals surface area contributed by atoms with Crippen LogP contribution in [0.1, 0.15) is 16.7 Å². The van der Waals surface area contributed by atoms with E-state index in [-0.39, 0.29) is 25.1 Å². The Kier molecular flexibility index (Phi) is 6.55. The van der Waals surface area contributed by atoms with Crippen molar-refractivity contribution in [1.82, 2.24) is 5.32 Å². The van der Waals surface area contributed by atoms with Crippen LogP contribution in [0.15, 0.2) is 48.5 Å². The van der Waals surface area contributed by atoms with Crippen molar-refractivity contribution in [3.63, 3.8) is 0 Å². The van der Waals surface area contributed by atoms with Crippen LogP contribution in [0.3, 0.4) is 0 Å². The summed E-state index contributed by atoms with van der Waals surface area (Å²) in [5.41, 5.74) is 1.36. The topological polar surface area (TPSA) is 75.6 Å². The number of amides is 1. The van der Waals surface area contributed by atoms with Crippen molar-refractivity contribution in [3.05, 3.63) is 71.0 Å². The predicted octanol–water partition coefficient (Wildman–Crippen LogP) is 2.73. The van der Waals surface area contributed by atoms with Crippen LogP contribution in [-0.4, -0.2) is 23.7 Å². The molecule has 6 heteroatoms. The maximum Gasteiger partial charge on any atom is 0.408 e. The second-order valence-electron chi connectivity index (χ2n) is 5.10. The third-order valence-electron chi connectivity index (χ3n) is 3.15. The van der Waals surface area contributed by atoms with Gasteiger partial charge in [-0.2, -0.15) is 0 Å². The van der Waals surface area contributed by atoms with Gasteiger partial charge in [0.1, 0.15) is 12.4 Å². The lowest BCUT2D eigenvalue weighted by atomic mass is 10.1. The molecular formula is C19H16FNO4. The molecule has 0 radical (unpaired) electrons. The Morgan fingerprint density at radius 1 is 1.12 bits per heavy atom. The van der Waals surface area contributed by atoms with Crippen LogP contribution >= 0.6 is 0 Å². The molecular weight excluding hydrogens is 325 g/mol. The van der Waals surface area contributed by atoms with Gasteiger partial charge in [0.05, 0.1) is 18.5 Å². The smallest absolute Gasteiger partial charge is 0.408 e. The zero-order valence-corrected chi connectivity index (χ0v) is 13.3. The van der Waals surface area contributed by atoms with E-state index in [0.29, 0.717) is 5.56 Å². The van der Waals surface area contributed by atoms with Crippen molar-refractivity contribution in [3.8, 4) is 11.8 Å². The summed E-state index contributed by atoms with van der Waals surface area (Å²) in [5, 5.41) is 11.1. The Hall–Kier alpha value is -3.33. The molecule has 2 rings (SSSR count). The normalized spacial score (nSPS) is 9.64. The first kappa shape index (κ1) is 18.0. The summed E-state index contributed by atoms with van der Waals surface area (Å²) in [7, 11) is 0. The highest BCUT2D eigenvalue weighted by Crippen LogP contribution is 2.10. The summed E-state index contributed by atoms with van der Waals surface area (Å²) in [6.45, 7) is 0.156. The summed E-state index contributed by atoms with van der Waals surface area (Å²) in [6.07, 6.45) is -0.866. The van der Waals surface area contributed by atoms with Gasteiger partial charge in [-0.05, 0) is 23.3 Å². The highest BCUT2D eigenvalue weighted by Gasteiger charge is 2.05.